The lowest BCUT2D eigenvalue weighted by Crippen LogP contribution is -2.42. The van der Waals surface area contributed by atoms with Crippen molar-refractivity contribution in [2.24, 2.45) is 5.41 Å². The van der Waals surface area contributed by atoms with Gasteiger partial charge >= 0.3 is 0 Å². The lowest BCUT2D eigenvalue weighted by Gasteiger charge is -2.36. The molecule has 4 rings (SSSR count). The van der Waals surface area contributed by atoms with Crippen LogP contribution in [-0.4, -0.2) is 20.8 Å². The van der Waals surface area contributed by atoms with Crippen LogP contribution >= 0.6 is 11.6 Å². The fourth-order valence-corrected chi connectivity index (χ4v) is 4.78. The summed E-state index contributed by atoms with van der Waals surface area (Å²) in [5.41, 5.74) is 4.01. The van der Waals surface area contributed by atoms with E-state index in [-0.39, 0.29) is 18.0 Å². The second kappa shape index (κ2) is 11.4. The summed E-state index contributed by atoms with van der Waals surface area (Å²) in [6, 6.07) is 28.1. The number of nitrogens with zero attached hydrogens (tertiary/aromatic N) is 5. The molecule has 0 bridgehead atoms. The zero-order chi connectivity index (χ0) is 26.4. The summed E-state index contributed by atoms with van der Waals surface area (Å²) in [5.74, 6) is 0.0463. The van der Waals surface area contributed by atoms with E-state index >= 15 is 0 Å². The molecular weight excluding hydrogens is 480 g/mol. The molecule has 1 aromatic heterocycles. The molecule has 3 unspecified atom stereocenters. The van der Waals surface area contributed by atoms with Gasteiger partial charge < -0.3 is 5.32 Å². The van der Waals surface area contributed by atoms with Gasteiger partial charge in [-0.25, -0.2) is 9.67 Å². The molecule has 7 heteroatoms. The van der Waals surface area contributed by atoms with E-state index in [9.17, 15) is 10.5 Å². The number of rotatable bonds is 9. The third-order valence-electron chi connectivity index (χ3n) is 6.74. The molecule has 3 atom stereocenters. The highest BCUT2D eigenvalue weighted by Gasteiger charge is 2.34. The first kappa shape index (κ1) is 26.1. The molecule has 0 aliphatic rings. The molecule has 0 saturated heterocycles. The van der Waals surface area contributed by atoms with Crippen LogP contribution in [0.25, 0.3) is 5.69 Å². The van der Waals surface area contributed by atoms with E-state index in [0.29, 0.717) is 10.6 Å². The monoisotopic (exact) mass is 508 g/mol. The average Bonchev–Trinajstić information content (AvgIpc) is 3.46. The molecule has 0 amide bonds. The molecular formula is C30H29ClN6. The van der Waals surface area contributed by atoms with E-state index in [4.69, 9.17) is 11.6 Å². The Morgan fingerprint density at radius 3 is 2.41 bits per heavy atom. The molecule has 0 aliphatic heterocycles. The van der Waals surface area contributed by atoms with Crippen molar-refractivity contribution >= 4 is 11.6 Å². The lowest BCUT2D eigenvalue weighted by atomic mass is 9.79. The Hall–Kier alpha value is -3.97. The van der Waals surface area contributed by atoms with Gasteiger partial charge in [0.2, 0.25) is 0 Å². The standard InChI is InChI=1S/C30H29ClN6/c1-21(28(15-22-10-12-26(31)13-11-22)24-7-4-6-23(14-24)17-32)36-29(30(2,3)18-33)25-8-5-9-27(16-25)37-20-34-19-35-37/h4-14,16,19-21,28-29,36H,15H2,1-3H3. The van der Waals surface area contributed by atoms with Crippen molar-refractivity contribution in [2.75, 3.05) is 0 Å². The normalized spacial score (nSPS) is 13.8. The van der Waals surface area contributed by atoms with Crippen LogP contribution in [0, 0.1) is 28.1 Å². The smallest absolute Gasteiger partial charge is 0.138 e. The van der Waals surface area contributed by atoms with Crippen LogP contribution in [0.4, 0.5) is 0 Å². The van der Waals surface area contributed by atoms with Crippen LogP contribution in [-0.2, 0) is 6.42 Å². The SMILES string of the molecule is CC(NC(c1cccc(-n2cncn2)c1)C(C)(C)C#N)C(Cc1ccc(Cl)cc1)c1cccc(C#N)c1. The van der Waals surface area contributed by atoms with Gasteiger partial charge in [0, 0.05) is 17.0 Å². The molecule has 0 spiro atoms. The van der Waals surface area contributed by atoms with E-state index in [1.807, 2.05) is 80.6 Å². The van der Waals surface area contributed by atoms with Crippen LogP contribution in [0.5, 0.6) is 0 Å². The number of halogens is 1. The maximum Gasteiger partial charge on any atom is 0.138 e. The molecule has 3 aromatic carbocycles. The second-order valence-corrected chi connectivity index (χ2v) is 10.3. The van der Waals surface area contributed by atoms with E-state index in [1.54, 1.807) is 11.0 Å². The number of aromatic nitrogens is 3. The highest BCUT2D eigenvalue weighted by atomic mass is 35.5. The van der Waals surface area contributed by atoms with Gasteiger partial charge in [-0.05, 0) is 80.3 Å². The lowest BCUT2D eigenvalue weighted by molar-refractivity contribution is 0.281. The van der Waals surface area contributed by atoms with E-state index in [0.717, 1.165) is 28.8 Å². The Labute approximate surface area is 223 Å². The first-order valence-electron chi connectivity index (χ1n) is 12.2. The molecule has 0 saturated carbocycles. The number of hydrogen-bond donors (Lipinski definition) is 1. The predicted molar refractivity (Wildman–Crippen MR) is 145 cm³/mol. The largest absolute Gasteiger partial charge is 0.305 e. The van der Waals surface area contributed by atoms with Gasteiger partial charge in [0.25, 0.3) is 0 Å². The molecule has 6 nitrogen and oxygen atoms in total. The maximum atomic E-state index is 10.1. The molecule has 4 aromatic rings. The zero-order valence-electron chi connectivity index (χ0n) is 21.1. The summed E-state index contributed by atoms with van der Waals surface area (Å²) in [6.45, 7) is 6.04. The van der Waals surface area contributed by atoms with Crippen molar-refractivity contribution in [3.8, 4) is 17.8 Å². The number of nitrogens with one attached hydrogen (secondary N) is 1. The first-order valence-corrected chi connectivity index (χ1v) is 12.6. The second-order valence-electron chi connectivity index (χ2n) is 9.83. The summed E-state index contributed by atoms with van der Waals surface area (Å²) in [6.07, 6.45) is 3.91. The zero-order valence-corrected chi connectivity index (χ0v) is 21.9. The third kappa shape index (κ3) is 6.24. The Bertz CT molecular complexity index is 1410. The van der Waals surface area contributed by atoms with Crippen molar-refractivity contribution in [3.63, 3.8) is 0 Å². The van der Waals surface area contributed by atoms with Gasteiger partial charge in [-0.3, -0.25) is 0 Å². The molecule has 186 valence electrons. The predicted octanol–water partition coefficient (Wildman–Crippen LogP) is 6.39. The molecule has 1 heterocycles. The number of benzene rings is 3. The van der Waals surface area contributed by atoms with Gasteiger partial charge in [-0.2, -0.15) is 15.6 Å². The summed E-state index contributed by atoms with van der Waals surface area (Å²) in [7, 11) is 0. The number of hydrogen-bond acceptors (Lipinski definition) is 5. The van der Waals surface area contributed by atoms with Crippen molar-refractivity contribution in [1.29, 1.82) is 10.5 Å². The summed E-state index contributed by atoms with van der Waals surface area (Å²) in [4.78, 5) is 4.06. The van der Waals surface area contributed by atoms with Crippen LogP contribution in [0.3, 0.4) is 0 Å². The number of nitriles is 2. The van der Waals surface area contributed by atoms with Gasteiger partial charge in [0.15, 0.2) is 0 Å². The van der Waals surface area contributed by atoms with Crippen LogP contribution < -0.4 is 5.32 Å². The Kier molecular flexibility index (Phi) is 8.04. The molecule has 0 fully saturated rings. The van der Waals surface area contributed by atoms with Gasteiger partial charge in [0.1, 0.15) is 12.7 Å². The minimum atomic E-state index is -0.700. The summed E-state index contributed by atoms with van der Waals surface area (Å²) >= 11 is 6.13. The minimum Gasteiger partial charge on any atom is -0.305 e. The Balaban J connectivity index is 1.71. The molecule has 1 N–H and O–H groups in total. The summed E-state index contributed by atoms with van der Waals surface area (Å²) in [5, 5.41) is 28.4. The first-order chi connectivity index (χ1) is 17.8. The highest BCUT2D eigenvalue weighted by Crippen LogP contribution is 2.36. The quantitative estimate of drug-likeness (QED) is 0.283. The van der Waals surface area contributed by atoms with Crippen LogP contribution in [0.15, 0.2) is 85.5 Å². The van der Waals surface area contributed by atoms with E-state index in [1.165, 1.54) is 6.33 Å². The molecule has 37 heavy (non-hydrogen) atoms. The fraction of sp³-hybridized carbons (Fsp3) is 0.267. The highest BCUT2D eigenvalue weighted by molar-refractivity contribution is 6.30. The van der Waals surface area contributed by atoms with Gasteiger partial charge in [-0.1, -0.05) is 48.0 Å². The molecule has 0 radical (unpaired) electrons. The Morgan fingerprint density at radius 1 is 1.00 bits per heavy atom. The topological polar surface area (TPSA) is 90.3 Å². The van der Waals surface area contributed by atoms with E-state index in [2.05, 4.69) is 40.5 Å². The maximum absolute atomic E-state index is 10.1. The van der Waals surface area contributed by atoms with Gasteiger partial charge in [-0.15, -0.1) is 0 Å². The van der Waals surface area contributed by atoms with Gasteiger partial charge in [0.05, 0.1) is 34.8 Å². The average molecular weight is 509 g/mol. The van der Waals surface area contributed by atoms with Crippen molar-refractivity contribution in [3.05, 3.63) is 113 Å². The fourth-order valence-electron chi connectivity index (χ4n) is 4.65. The van der Waals surface area contributed by atoms with Crippen molar-refractivity contribution < 1.29 is 0 Å². The third-order valence-corrected chi connectivity index (χ3v) is 6.99. The molecule has 0 aliphatic carbocycles. The van der Waals surface area contributed by atoms with Crippen molar-refractivity contribution in [1.82, 2.24) is 20.1 Å². The van der Waals surface area contributed by atoms with Crippen molar-refractivity contribution in [2.45, 2.75) is 45.2 Å². The summed E-state index contributed by atoms with van der Waals surface area (Å²) < 4.78 is 1.71. The minimum absolute atomic E-state index is 0.0303. The van der Waals surface area contributed by atoms with Crippen LogP contribution in [0.2, 0.25) is 5.02 Å². The van der Waals surface area contributed by atoms with E-state index < -0.39 is 5.41 Å². The Morgan fingerprint density at radius 2 is 1.73 bits per heavy atom. The van der Waals surface area contributed by atoms with Crippen LogP contribution in [0.1, 0.15) is 55.0 Å².